The molecule has 3 heterocycles. The lowest BCUT2D eigenvalue weighted by atomic mass is 10.1. The van der Waals surface area contributed by atoms with Crippen LogP contribution in [0, 0.1) is 13.8 Å². The number of imide groups is 1. The van der Waals surface area contributed by atoms with E-state index < -0.39 is 24.0 Å². The van der Waals surface area contributed by atoms with Crippen molar-refractivity contribution in [2.75, 3.05) is 13.7 Å². The number of aliphatic imine (C=N–C) groups is 1. The Labute approximate surface area is 180 Å². The highest BCUT2D eigenvalue weighted by molar-refractivity contribution is 6.20. The number of amidine groups is 1. The van der Waals surface area contributed by atoms with Crippen LogP contribution in [0.15, 0.2) is 29.3 Å². The van der Waals surface area contributed by atoms with Crippen molar-refractivity contribution < 1.29 is 23.7 Å². The van der Waals surface area contributed by atoms with Gasteiger partial charge in [0.15, 0.2) is 11.5 Å². The van der Waals surface area contributed by atoms with Crippen LogP contribution in [0.3, 0.4) is 0 Å². The third kappa shape index (κ3) is 2.87. The molecule has 2 aliphatic rings. The number of ether oxygens (including phenoxy) is 1. The lowest BCUT2D eigenvalue weighted by molar-refractivity contribution is -0.682. The van der Waals surface area contributed by atoms with Crippen molar-refractivity contribution in [2.24, 2.45) is 4.99 Å². The lowest BCUT2D eigenvalue weighted by Crippen LogP contribution is -2.65. The van der Waals surface area contributed by atoms with E-state index in [1.165, 1.54) is 11.8 Å². The molecule has 2 atom stereocenters. The van der Waals surface area contributed by atoms with Gasteiger partial charge in [-0.2, -0.15) is 4.57 Å². The molecule has 2 aliphatic heterocycles. The number of amides is 3. The quantitative estimate of drug-likeness (QED) is 0.689. The van der Waals surface area contributed by atoms with E-state index in [0.717, 1.165) is 22.0 Å². The maximum absolute atomic E-state index is 13.4. The van der Waals surface area contributed by atoms with Gasteiger partial charge in [0.2, 0.25) is 11.9 Å². The zero-order valence-electron chi connectivity index (χ0n) is 18.5. The Bertz CT molecular complexity index is 1150. The monoisotopic (exact) mass is 424 g/mol. The molecule has 1 aromatic heterocycles. The van der Waals surface area contributed by atoms with E-state index in [-0.39, 0.29) is 5.78 Å². The largest absolute Gasteiger partial charge is 0.490 e. The Morgan fingerprint density at radius 2 is 1.94 bits per heavy atom. The smallest absolute Gasteiger partial charge is 0.407 e. The summed E-state index contributed by atoms with van der Waals surface area (Å²) in [6.45, 7) is 9.24. The van der Waals surface area contributed by atoms with Gasteiger partial charge in [-0.3, -0.25) is 14.5 Å². The first kappa shape index (κ1) is 20.8. The number of rotatable bonds is 5. The first-order valence-corrected chi connectivity index (χ1v) is 10.3. The number of benzene rings is 1. The van der Waals surface area contributed by atoms with Crippen molar-refractivity contribution in [3.63, 3.8) is 0 Å². The molecule has 1 saturated heterocycles. The molecule has 9 heteroatoms. The third-order valence-electron chi connectivity index (χ3n) is 6.04. The Kier molecular flexibility index (Phi) is 4.91. The molecule has 31 heavy (non-hydrogen) atoms. The molecule has 2 unspecified atom stereocenters. The molecule has 0 aliphatic carbocycles. The summed E-state index contributed by atoms with van der Waals surface area (Å²) in [6.07, 6.45) is 0. The molecule has 162 valence electrons. The Hall–Kier alpha value is -3.49. The summed E-state index contributed by atoms with van der Waals surface area (Å²) in [7, 11) is 1.58. The standard InChI is InChI=1S/C22H26N5O4/c1-7-31-17-11-9-8-10-16(17)25-12(2)13(3)26-18-19(23-21(25)26)24(6)22(30)27(20(18)29)14(4)15(5)28/h8-11,14,18H,7H2,1-6H3/q+1. The van der Waals surface area contributed by atoms with Gasteiger partial charge in [-0.15, -0.1) is 0 Å². The van der Waals surface area contributed by atoms with Crippen LogP contribution in [0.2, 0.25) is 0 Å². The summed E-state index contributed by atoms with van der Waals surface area (Å²) < 4.78 is 9.58. The van der Waals surface area contributed by atoms with Crippen LogP contribution >= 0.6 is 0 Å². The van der Waals surface area contributed by atoms with E-state index in [4.69, 9.17) is 9.73 Å². The Morgan fingerprint density at radius 1 is 1.26 bits per heavy atom. The number of para-hydroxylation sites is 2. The van der Waals surface area contributed by atoms with Crippen molar-refractivity contribution in [2.45, 2.75) is 46.7 Å². The molecule has 9 nitrogen and oxygen atoms in total. The number of hydrogen-bond acceptors (Lipinski definition) is 5. The number of likely N-dealkylation sites (N-methyl/N-ethyl adjacent to an activating group) is 1. The fourth-order valence-corrected chi connectivity index (χ4v) is 4.15. The van der Waals surface area contributed by atoms with Gasteiger partial charge >= 0.3 is 12.0 Å². The van der Waals surface area contributed by atoms with Crippen molar-refractivity contribution in [1.29, 1.82) is 0 Å². The van der Waals surface area contributed by atoms with Crippen LogP contribution in [0.5, 0.6) is 5.75 Å². The van der Waals surface area contributed by atoms with Crippen molar-refractivity contribution in [3.05, 3.63) is 35.7 Å². The predicted molar refractivity (Wildman–Crippen MR) is 113 cm³/mol. The number of hydrogen-bond donors (Lipinski definition) is 0. The third-order valence-corrected chi connectivity index (χ3v) is 6.04. The number of aromatic nitrogens is 2. The normalized spacial score (nSPS) is 18.6. The van der Waals surface area contributed by atoms with Gasteiger partial charge in [-0.05, 0) is 46.8 Å². The minimum Gasteiger partial charge on any atom is -0.490 e. The number of urea groups is 1. The number of fused-ring (bicyclic) bond motifs is 3. The molecule has 1 aromatic carbocycles. The molecule has 4 rings (SSSR count). The second kappa shape index (κ2) is 7.33. The average Bonchev–Trinajstić information content (AvgIpc) is 3.23. The van der Waals surface area contributed by atoms with Gasteiger partial charge in [-0.25, -0.2) is 14.3 Å². The molecule has 0 radical (unpaired) electrons. The summed E-state index contributed by atoms with van der Waals surface area (Å²) in [6, 6.07) is 5.42. The Balaban J connectivity index is 1.92. The second-order valence-electron chi connectivity index (χ2n) is 7.79. The molecule has 0 saturated carbocycles. The molecule has 0 bridgehead atoms. The first-order chi connectivity index (χ1) is 14.7. The highest BCUT2D eigenvalue weighted by Gasteiger charge is 2.55. The highest BCUT2D eigenvalue weighted by atomic mass is 16.5. The number of Topliss-reactive ketones (excluding diaryl/α,β-unsaturated/α-hetero) is 1. The zero-order valence-corrected chi connectivity index (χ0v) is 18.5. The summed E-state index contributed by atoms with van der Waals surface area (Å²) in [5, 5.41) is 0. The van der Waals surface area contributed by atoms with E-state index >= 15 is 0 Å². The summed E-state index contributed by atoms with van der Waals surface area (Å²) >= 11 is 0. The van der Waals surface area contributed by atoms with Crippen LogP contribution in [0.1, 0.15) is 38.2 Å². The van der Waals surface area contributed by atoms with Crippen LogP contribution in [-0.4, -0.2) is 57.6 Å². The molecule has 2 aromatic rings. The topological polar surface area (TPSA) is 88.1 Å². The van der Waals surface area contributed by atoms with Crippen molar-refractivity contribution >= 4 is 29.5 Å². The van der Waals surface area contributed by atoms with E-state index in [2.05, 4.69) is 0 Å². The van der Waals surface area contributed by atoms with Crippen LogP contribution in [0.4, 0.5) is 10.7 Å². The number of imidazole rings is 1. The van der Waals surface area contributed by atoms with Gasteiger partial charge in [0.25, 0.3) is 5.91 Å². The molecular formula is C22H26N5O4+. The van der Waals surface area contributed by atoms with Gasteiger partial charge in [-0.1, -0.05) is 17.1 Å². The van der Waals surface area contributed by atoms with Crippen molar-refractivity contribution in [1.82, 2.24) is 14.4 Å². The minimum absolute atomic E-state index is 0.255. The van der Waals surface area contributed by atoms with Gasteiger partial charge in [0, 0.05) is 7.05 Å². The van der Waals surface area contributed by atoms with Gasteiger partial charge in [0.1, 0.15) is 17.1 Å². The minimum atomic E-state index is -0.851. The molecule has 0 spiro atoms. The number of carbonyl (C=O) groups is 3. The van der Waals surface area contributed by atoms with E-state index in [1.54, 1.807) is 14.0 Å². The zero-order chi connectivity index (χ0) is 22.6. The maximum Gasteiger partial charge on any atom is 0.407 e. The van der Waals surface area contributed by atoms with E-state index in [9.17, 15) is 14.4 Å². The molecular weight excluding hydrogens is 398 g/mol. The summed E-state index contributed by atoms with van der Waals surface area (Å²) in [5.74, 6) is 0.876. The van der Waals surface area contributed by atoms with Crippen LogP contribution in [0.25, 0.3) is 5.69 Å². The molecule has 1 fully saturated rings. The average molecular weight is 424 g/mol. The maximum atomic E-state index is 13.4. The highest BCUT2D eigenvalue weighted by Crippen LogP contribution is 2.36. The fourth-order valence-electron chi connectivity index (χ4n) is 4.15. The SMILES string of the molecule is CCOc1ccccc1-n1c(C)c(C)[n+]2c1N=C1C2C(=O)N(C(C)C(C)=O)C(=O)N1C. The number of nitrogens with zero attached hydrogens (tertiary/aromatic N) is 5. The number of carbonyl (C=O) groups excluding carboxylic acids is 3. The van der Waals surface area contributed by atoms with Crippen molar-refractivity contribution in [3.8, 4) is 11.4 Å². The predicted octanol–water partition coefficient (Wildman–Crippen LogP) is 2.24. The van der Waals surface area contributed by atoms with Crippen LogP contribution in [-0.2, 0) is 9.59 Å². The lowest BCUT2D eigenvalue weighted by Gasteiger charge is -2.35. The number of ketones is 1. The second-order valence-corrected chi connectivity index (χ2v) is 7.79. The summed E-state index contributed by atoms with van der Waals surface area (Å²) in [4.78, 5) is 45.4. The Morgan fingerprint density at radius 3 is 2.58 bits per heavy atom. The molecule has 3 amide bonds. The fraction of sp³-hybridized carbons (Fsp3) is 0.409. The molecule has 0 N–H and O–H groups in total. The first-order valence-electron chi connectivity index (χ1n) is 10.3. The van der Waals surface area contributed by atoms with E-state index in [0.29, 0.717) is 24.1 Å². The van der Waals surface area contributed by atoms with E-state index in [1.807, 2.05) is 54.2 Å². The van der Waals surface area contributed by atoms with Crippen LogP contribution < -0.4 is 9.30 Å². The van der Waals surface area contributed by atoms with Gasteiger partial charge in [0.05, 0.1) is 12.6 Å². The van der Waals surface area contributed by atoms with Gasteiger partial charge < -0.3 is 4.74 Å². The summed E-state index contributed by atoms with van der Waals surface area (Å²) in [5.41, 5.74) is 2.55.